The molecule has 0 aromatic heterocycles. The van der Waals surface area contributed by atoms with Gasteiger partial charge >= 0.3 is 11.9 Å². The van der Waals surface area contributed by atoms with E-state index in [1.807, 2.05) is 60.7 Å². The summed E-state index contributed by atoms with van der Waals surface area (Å²) in [4.78, 5) is 25.6. The lowest BCUT2D eigenvalue weighted by Crippen LogP contribution is -2.52. The number of ether oxygens (including phenoxy) is 4. The van der Waals surface area contributed by atoms with E-state index in [-0.39, 0.29) is 32.8 Å². The van der Waals surface area contributed by atoms with E-state index in [0.717, 1.165) is 11.1 Å². The maximum atomic E-state index is 13.0. The topological polar surface area (TPSA) is 71.1 Å². The van der Waals surface area contributed by atoms with Crippen molar-refractivity contribution in [2.75, 3.05) is 13.2 Å². The van der Waals surface area contributed by atoms with Crippen molar-refractivity contribution in [2.45, 2.75) is 31.7 Å². The molecule has 2 heterocycles. The van der Waals surface area contributed by atoms with Crippen LogP contribution in [0.4, 0.5) is 0 Å². The van der Waals surface area contributed by atoms with Crippen LogP contribution in [-0.2, 0) is 41.8 Å². The number of hydrogen-bond donors (Lipinski definition) is 0. The molecule has 0 amide bonds. The Morgan fingerprint density at radius 1 is 0.900 bits per heavy atom. The minimum atomic E-state index is -0.845. The van der Waals surface area contributed by atoms with Gasteiger partial charge in [0, 0.05) is 11.4 Å². The van der Waals surface area contributed by atoms with E-state index in [1.54, 1.807) is 0 Å². The third-order valence-corrected chi connectivity index (χ3v) is 5.66. The average molecular weight is 406 g/mol. The molecular weight excluding hydrogens is 383 g/mol. The fourth-order valence-electron chi connectivity index (χ4n) is 4.06. The molecule has 0 saturated carbocycles. The predicted octanol–water partition coefficient (Wildman–Crippen LogP) is 2.39. The van der Waals surface area contributed by atoms with Gasteiger partial charge in [-0.2, -0.15) is 0 Å². The zero-order valence-corrected chi connectivity index (χ0v) is 16.6. The highest BCUT2D eigenvalue weighted by molar-refractivity contribution is 6.11. The van der Waals surface area contributed by atoms with E-state index >= 15 is 0 Å². The Morgan fingerprint density at radius 3 is 2.10 bits per heavy atom. The van der Waals surface area contributed by atoms with E-state index < -0.39 is 35.4 Å². The van der Waals surface area contributed by atoms with E-state index in [0.29, 0.717) is 0 Å². The summed E-state index contributed by atoms with van der Waals surface area (Å²) in [5.74, 6) is -1.53. The highest BCUT2D eigenvalue weighted by Gasteiger charge is 2.60. The van der Waals surface area contributed by atoms with Crippen LogP contribution in [0.25, 0.3) is 0 Å². The Bertz CT molecular complexity index is 874. The zero-order valence-electron chi connectivity index (χ0n) is 16.6. The lowest BCUT2D eigenvalue weighted by atomic mass is 9.68. The van der Waals surface area contributed by atoms with Crippen LogP contribution in [0.5, 0.6) is 0 Å². The smallest absolute Gasteiger partial charge is 0.312 e. The zero-order chi connectivity index (χ0) is 21.0. The van der Waals surface area contributed by atoms with Crippen LogP contribution in [0.2, 0.25) is 0 Å². The van der Waals surface area contributed by atoms with Crippen LogP contribution in [0, 0.1) is 11.3 Å². The van der Waals surface area contributed by atoms with Crippen LogP contribution in [0.1, 0.15) is 17.5 Å². The number of carbonyl (C=O) groups excluding carboxylic acids is 2. The number of fused-ring (bicyclic) bond motifs is 2. The van der Waals surface area contributed by atoms with Crippen molar-refractivity contribution >= 4 is 19.8 Å². The molecule has 0 N–H and O–H groups in total. The molecule has 0 spiro atoms. The first-order chi connectivity index (χ1) is 14.6. The molecule has 4 atom stereocenters. The van der Waals surface area contributed by atoms with Gasteiger partial charge in [-0.3, -0.25) is 9.59 Å². The molecule has 2 fully saturated rings. The number of carbonyl (C=O) groups is 2. The first kappa shape index (κ1) is 20.6. The molecule has 6 nitrogen and oxygen atoms in total. The number of esters is 2. The Morgan fingerprint density at radius 2 is 1.47 bits per heavy atom. The molecule has 30 heavy (non-hydrogen) atoms. The normalized spacial score (nSPS) is 27.4. The number of hydrogen-bond acceptors (Lipinski definition) is 6. The molecule has 2 radical (unpaired) electrons. The Kier molecular flexibility index (Phi) is 6.20. The fraction of sp³-hybridized carbons (Fsp3) is 0.391. The van der Waals surface area contributed by atoms with Crippen LogP contribution < -0.4 is 0 Å². The van der Waals surface area contributed by atoms with Crippen LogP contribution >= 0.6 is 0 Å². The quantitative estimate of drug-likeness (QED) is 0.520. The lowest BCUT2D eigenvalue weighted by molar-refractivity contribution is -0.169. The minimum absolute atomic E-state index is 0.00580. The third-order valence-electron chi connectivity index (χ3n) is 5.66. The van der Waals surface area contributed by atoms with E-state index in [9.17, 15) is 9.59 Å². The second-order valence-electron chi connectivity index (χ2n) is 7.81. The van der Waals surface area contributed by atoms with E-state index in [2.05, 4.69) is 0 Å². The lowest BCUT2D eigenvalue weighted by Gasteiger charge is -2.39. The molecule has 0 aliphatic carbocycles. The van der Waals surface area contributed by atoms with Crippen molar-refractivity contribution in [1.82, 2.24) is 0 Å². The van der Waals surface area contributed by atoms with Gasteiger partial charge in [-0.1, -0.05) is 60.7 Å². The monoisotopic (exact) mass is 406 g/mol. The van der Waals surface area contributed by atoms with Crippen molar-refractivity contribution in [2.24, 2.45) is 11.3 Å². The summed E-state index contributed by atoms with van der Waals surface area (Å²) in [6.45, 7) is 0.643. The Labute approximate surface area is 176 Å². The maximum absolute atomic E-state index is 13.0. The second kappa shape index (κ2) is 9.02. The first-order valence-electron chi connectivity index (χ1n) is 9.96. The van der Waals surface area contributed by atoms with Gasteiger partial charge in [-0.25, -0.2) is 0 Å². The fourth-order valence-corrected chi connectivity index (χ4v) is 4.06. The van der Waals surface area contributed by atoms with E-state index in [4.69, 9.17) is 26.8 Å². The predicted molar refractivity (Wildman–Crippen MR) is 108 cm³/mol. The molecule has 154 valence electrons. The van der Waals surface area contributed by atoms with Gasteiger partial charge in [-0.05, 0) is 11.1 Å². The van der Waals surface area contributed by atoms with Crippen molar-refractivity contribution in [1.29, 1.82) is 0 Å². The van der Waals surface area contributed by atoms with Crippen molar-refractivity contribution in [3.8, 4) is 0 Å². The summed E-state index contributed by atoms with van der Waals surface area (Å²) in [7, 11) is 6.00. The maximum Gasteiger partial charge on any atom is 0.312 e. The van der Waals surface area contributed by atoms with Crippen LogP contribution in [-0.4, -0.2) is 45.1 Å². The third kappa shape index (κ3) is 4.42. The summed E-state index contributed by atoms with van der Waals surface area (Å²) < 4.78 is 22.4. The number of rotatable bonds is 7. The van der Waals surface area contributed by atoms with Crippen molar-refractivity contribution in [3.05, 3.63) is 71.8 Å². The van der Waals surface area contributed by atoms with Gasteiger partial charge in [0.1, 0.15) is 21.1 Å². The second-order valence-corrected chi connectivity index (χ2v) is 7.81. The minimum Gasteiger partial charge on any atom is -0.461 e. The van der Waals surface area contributed by atoms with Gasteiger partial charge in [-0.15, -0.1) is 0 Å². The molecule has 2 unspecified atom stereocenters. The van der Waals surface area contributed by atoms with Crippen LogP contribution in [0.15, 0.2) is 60.7 Å². The molecular formula is C23H23BO6. The van der Waals surface area contributed by atoms with Crippen LogP contribution in [0.3, 0.4) is 0 Å². The van der Waals surface area contributed by atoms with Gasteiger partial charge in [0.2, 0.25) is 0 Å². The highest BCUT2D eigenvalue weighted by atomic mass is 16.6. The molecule has 2 saturated heterocycles. The molecule has 2 aromatic rings. The van der Waals surface area contributed by atoms with Crippen molar-refractivity contribution in [3.63, 3.8) is 0 Å². The Balaban J connectivity index is 1.42. The summed E-state index contributed by atoms with van der Waals surface area (Å²) in [6.07, 6.45) is -0.655. The first-order valence-corrected chi connectivity index (χ1v) is 9.96. The summed E-state index contributed by atoms with van der Waals surface area (Å²) in [6, 6.07) is 18.1. The van der Waals surface area contributed by atoms with E-state index in [1.165, 1.54) is 0 Å². The summed E-state index contributed by atoms with van der Waals surface area (Å²) in [5.41, 5.74) is 0.929. The molecule has 2 aliphatic rings. The summed E-state index contributed by atoms with van der Waals surface area (Å²) in [5, 5.41) is 0. The number of benzene rings is 2. The highest BCUT2D eigenvalue weighted by Crippen LogP contribution is 2.47. The summed E-state index contributed by atoms with van der Waals surface area (Å²) >= 11 is 0. The van der Waals surface area contributed by atoms with Gasteiger partial charge in [0.05, 0.1) is 31.7 Å². The van der Waals surface area contributed by atoms with Gasteiger partial charge in [0.15, 0.2) is 0 Å². The van der Waals surface area contributed by atoms with Gasteiger partial charge in [0.25, 0.3) is 0 Å². The molecule has 4 rings (SSSR count). The molecule has 7 heteroatoms. The van der Waals surface area contributed by atoms with Crippen molar-refractivity contribution < 1.29 is 28.5 Å². The molecule has 2 aromatic carbocycles. The SMILES string of the molecule is [B][C@@H]1OC[C@]2(CC(=O)OCc3ccccc3)COC1C2C(=O)OCc1ccccc1. The Hall–Kier alpha value is -2.64. The molecule has 2 bridgehead atoms. The largest absolute Gasteiger partial charge is 0.461 e. The molecule has 2 aliphatic heterocycles. The average Bonchev–Trinajstić information content (AvgIpc) is 3.07. The van der Waals surface area contributed by atoms with Gasteiger partial charge < -0.3 is 18.9 Å². The standard InChI is InChI=1S/C23H23BO6/c24-21-20-19(22(26)28-13-17-9-5-2-6-10-17)23(14-29-20,15-30-21)11-18(25)27-12-16-7-3-1-4-8-16/h1-10,19-21H,11-15H2/t19?,20?,21-,23+/m1/s1.